The number of aliphatic carboxylic acids is 1. The molecule has 0 aliphatic heterocycles. The lowest BCUT2D eigenvalue weighted by Gasteiger charge is -2.15. The maximum atomic E-state index is 12.9. The molecule has 0 spiro atoms. The molecule has 0 radical (unpaired) electrons. The van der Waals surface area contributed by atoms with Gasteiger partial charge in [0.05, 0.1) is 5.56 Å². The molecule has 0 aromatic heterocycles. The van der Waals surface area contributed by atoms with Crippen molar-refractivity contribution >= 4 is 17.7 Å². The number of carboxylic acids is 1. The lowest BCUT2D eigenvalue weighted by molar-refractivity contribution is -0.137. The van der Waals surface area contributed by atoms with Crippen LogP contribution >= 0.6 is 0 Å². The van der Waals surface area contributed by atoms with Gasteiger partial charge in [0.25, 0.3) is 5.91 Å². The Bertz CT molecular complexity index is 842. The topological polar surface area (TPSA) is 83.5 Å². The molecule has 26 heavy (non-hydrogen) atoms. The minimum Gasteiger partial charge on any atom is -0.481 e. The van der Waals surface area contributed by atoms with Crippen molar-refractivity contribution in [2.75, 3.05) is 0 Å². The van der Waals surface area contributed by atoms with Gasteiger partial charge in [-0.2, -0.15) is 0 Å². The van der Waals surface area contributed by atoms with Gasteiger partial charge in [0, 0.05) is 23.6 Å². The van der Waals surface area contributed by atoms with Gasteiger partial charge in [-0.1, -0.05) is 30.3 Å². The van der Waals surface area contributed by atoms with E-state index in [-0.39, 0.29) is 29.7 Å². The molecule has 2 N–H and O–H groups in total. The van der Waals surface area contributed by atoms with Crippen LogP contribution in [-0.4, -0.2) is 28.8 Å². The summed E-state index contributed by atoms with van der Waals surface area (Å²) >= 11 is 0. The zero-order chi connectivity index (χ0) is 19.3. The van der Waals surface area contributed by atoms with Gasteiger partial charge in [-0.05, 0) is 50.5 Å². The fourth-order valence-corrected chi connectivity index (χ4v) is 2.63. The van der Waals surface area contributed by atoms with Crippen molar-refractivity contribution < 1.29 is 19.5 Å². The van der Waals surface area contributed by atoms with Gasteiger partial charge in [0.1, 0.15) is 0 Å². The number of carboxylic acid groups (broad SMARTS) is 1. The Balaban J connectivity index is 2.23. The highest BCUT2D eigenvalue weighted by molar-refractivity contribution is 6.15. The number of hydrogen-bond acceptors (Lipinski definition) is 3. The highest BCUT2D eigenvalue weighted by atomic mass is 16.4. The first-order chi connectivity index (χ1) is 12.3. The molecular weight excluding hydrogens is 330 g/mol. The summed E-state index contributed by atoms with van der Waals surface area (Å²) < 4.78 is 0. The van der Waals surface area contributed by atoms with Crippen molar-refractivity contribution in [3.63, 3.8) is 0 Å². The molecule has 2 aromatic rings. The number of aryl methyl sites for hydroxylation is 2. The Labute approximate surface area is 153 Å². The molecule has 2 rings (SSSR count). The summed E-state index contributed by atoms with van der Waals surface area (Å²) in [5, 5.41) is 11.5. The first-order valence-electron chi connectivity index (χ1n) is 8.53. The van der Waals surface area contributed by atoms with E-state index in [0.717, 1.165) is 11.1 Å². The Morgan fingerprint density at radius 1 is 1.00 bits per heavy atom. The SMILES string of the molecule is Cc1ccc(C(=O)c2ccccc2C(=O)NC(C)CCC(=O)O)cc1C. The van der Waals surface area contributed by atoms with Crippen LogP contribution in [0.3, 0.4) is 0 Å². The second-order valence-corrected chi connectivity index (χ2v) is 6.48. The van der Waals surface area contributed by atoms with Crippen LogP contribution in [0.5, 0.6) is 0 Å². The van der Waals surface area contributed by atoms with Gasteiger partial charge in [-0.25, -0.2) is 0 Å². The number of benzene rings is 2. The molecule has 0 saturated heterocycles. The number of nitrogens with one attached hydrogen (secondary N) is 1. The van der Waals surface area contributed by atoms with Crippen molar-refractivity contribution in [2.45, 2.75) is 39.7 Å². The van der Waals surface area contributed by atoms with Crippen LogP contribution in [0.25, 0.3) is 0 Å². The molecule has 5 heteroatoms. The van der Waals surface area contributed by atoms with Gasteiger partial charge < -0.3 is 10.4 Å². The predicted octanol–water partition coefficient (Wildman–Crippen LogP) is 3.52. The van der Waals surface area contributed by atoms with E-state index in [1.165, 1.54) is 0 Å². The van der Waals surface area contributed by atoms with Crippen molar-refractivity contribution in [1.82, 2.24) is 5.32 Å². The van der Waals surface area contributed by atoms with E-state index in [2.05, 4.69) is 5.32 Å². The summed E-state index contributed by atoms with van der Waals surface area (Å²) in [5.41, 5.74) is 3.27. The zero-order valence-corrected chi connectivity index (χ0v) is 15.2. The van der Waals surface area contributed by atoms with E-state index >= 15 is 0 Å². The summed E-state index contributed by atoms with van der Waals surface area (Å²) in [4.78, 5) is 36.1. The molecule has 0 heterocycles. The Hall–Kier alpha value is -2.95. The van der Waals surface area contributed by atoms with E-state index in [1.54, 1.807) is 37.3 Å². The molecule has 0 aliphatic carbocycles. The van der Waals surface area contributed by atoms with Gasteiger partial charge in [-0.3, -0.25) is 14.4 Å². The first kappa shape index (κ1) is 19.4. The smallest absolute Gasteiger partial charge is 0.303 e. The maximum absolute atomic E-state index is 12.9. The summed E-state index contributed by atoms with van der Waals surface area (Å²) in [6.07, 6.45) is 0.305. The number of ketones is 1. The number of rotatable bonds is 7. The second kappa shape index (κ2) is 8.43. The number of carbonyl (C=O) groups excluding carboxylic acids is 2. The largest absolute Gasteiger partial charge is 0.481 e. The fraction of sp³-hybridized carbons (Fsp3) is 0.286. The van der Waals surface area contributed by atoms with E-state index in [1.807, 2.05) is 26.0 Å². The average Bonchev–Trinajstić information content (AvgIpc) is 2.61. The molecule has 0 fully saturated rings. The van der Waals surface area contributed by atoms with Crippen LogP contribution in [-0.2, 0) is 4.79 Å². The monoisotopic (exact) mass is 353 g/mol. The van der Waals surface area contributed by atoms with E-state index in [0.29, 0.717) is 17.5 Å². The van der Waals surface area contributed by atoms with E-state index < -0.39 is 5.97 Å². The summed E-state index contributed by atoms with van der Waals surface area (Å²) in [6, 6.07) is 11.8. The van der Waals surface area contributed by atoms with Crippen LogP contribution in [0.2, 0.25) is 0 Å². The molecule has 136 valence electrons. The van der Waals surface area contributed by atoms with Crippen LogP contribution in [0.4, 0.5) is 0 Å². The number of carbonyl (C=O) groups is 3. The molecule has 2 aromatic carbocycles. The molecule has 1 atom stereocenters. The highest BCUT2D eigenvalue weighted by Gasteiger charge is 2.19. The van der Waals surface area contributed by atoms with E-state index in [4.69, 9.17) is 5.11 Å². The first-order valence-corrected chi connectivity index (χ1v) is 8.53. The molecule has 5 nitrogen and oxygen atoms in total. The van der Waals surface area contributed by atoms with Crippen LogP contribution in [0.15, 0.2) is 42.5 Å². The minimum atomic E-state index is -0.906. The van der Waals surface area contributed by atoms with Crippen LogP contribution < -0.4 is 5.32 Å². The number of amides is 1. The van der Waals surface area contributed by atoms with Gasteiger partial charge in [0.15, 0.2) is 5.78 Å². The highest BCUT2D eigenvalue weighted by Crippen LogP contribution is 2.18. The van der Waals surface area contributed by atoms with Crippen molar-refractivity contribution in [2.24, 2.45) is 0 Å². The van der Waals surface area contributed by atoms with Gasteiger partial charge in [0.2, 0.25) is 0 Å². The molecule has 0 aliphatic rings. The second-order valence-electron chi connectivity index (χ2n) is 6.48. The fourth-order valence-electron chi connectivity index (χ4n) is 2.63. The third-order valence-corrected chi connectivity index (χ3v) is 4.35. The predicted molar refractivity (Wildman–Crippen MR) is 99.6 cm³/mol. The average molecular weight is 353 g/mol. The molecule has 0 bridgehead atoms. The minimum absolute atomic E-state index is 0.0231. The Morgan fingerprint density at radius 3 is 2.27 bits per heavy atom. The maximum Gasteiger partial charge on any atom is 0.303 e. The van der Waals surface area contributed by atoms with Crippen LogP contribution in [0, 0.1) is 13.8 Å². The summed E-state index contributed by atoms with van der Waals surface area (Å²) in [7, 11) is 0. The quantitative estimate of drug-likeness (QED) is 0.746. The third-order valence-electron chi connectivity index (χ3n) is 4.35. The zero-order valence-electron chi connectivity index (χ0n) is 15.2. The summed E-state index contributed by atoms with van der Waals surface area (Å²) in [6.45, 7) is 5.66. The molecular formula is C21H23NO4. The lowest BCUT2D eigenvalue weighted by atomic mass is 9.95. The van der Waals surface area contributed by atoms with E-state index in [9.17, 15) is 14.4 Å². The molecule has 0 saturated carbocycles. The van der Waals surface area contributed by atoms with Crippen molar-refractivity contribution in [1.29, 1.82) is 0 Å². The standard InChI is InChI=1S/C21H23NO4/c1-13-8-10-16(12-14(13)2)20(25)17-6-4-5-7-18(17)21(26)22-15(3)9-11-19(23)24/h4-8,10,12,15H,9,11H2,1-3H3,(H,22,26)(H,23,24). The van der Waals surface area contributed by atoms with Gasteiger partial charge >= 0.3 is 5.97 Å². The lowest BCUT2D eigenvalue weighted by Crippen LogP contribution is -2.34. The normalized spacial score (nSPS) is 11.7. The number of hydrogen-bond donors (Lipinski definition) is 2. The third kappa shape index (κ3) is 4.79. The Morgan fingerprint density at radius 2 is 1.65 bits per heavy atom. The van der Waals surface area contributed by atoms with Gasteiger partial charge in [-0.15, -0.1) is 0 Å². The summed E-state index contributed by atoms with van der Waals surface area (Å²) in [5.74, 6) is -1.50. The Kier molecular flexibility index (Phi) is 6.28. The molecule has 1 amide bonds. The van der Waals surface area contributed by atoms with Crippen molar-refractivity contribution in [3.05, 3.63) is 70.3 Å². The van der Waals surface area contributed by atoms with Crippen molar-refractivity contribution in [3.8, 4) is 0 Å². The van der Waals surface area contributed by atoms with Crippen LogP contribution in [0.1, 0.15) is 57.2 Å². The molecule has 1 unspecified atom stereocenters.